The van der Waals surface area contributed by atoms with Gasteiger partial charge in [0.1, 0.15) is 0 Å². The Morgan fingerprint density at radius 3 is 2.27 bits per heavy atom. The summed E-state index contributed by atoms with van der Waals surface area (Å²) in [5.41, 5.74) is 1.03. The number of rotatable bonds is 1. The topological polar surface area (TPSA) is 12.4 Å². The molecule has 0 aromatic rings. The summed E-state index contributed by atoms with van der Waals surface area (Å²) >= 11 is 0. The van der Waals surface area contributed by atoms with Gasteiger partial charge in [-0.1, -0.05) is 26.7 Å². The van der Waals surface area contributed by atoms with Gasteiger partial charge >= 0.3 is 0 Å². The van der Waals surface area contributed by atoms with Crippen LogP contribution in [0.2, 0.25) is 0 Å². The number of hydrogen-bond donors (Lipinski definition) is 0. The summed E-state index contributed by atoms with van der Waals surface area (Å²) in [5.74, 6) is 2.65. The molecular formula is C10H15N. The van der Waals surface area contributed by atoms with Crippen LogP contribution >= 0.6 is 0 Å². The Morgan fingerprint density at radius 1 is 1.45 bits per heavy atom. The highest BCUT2D eigenvalue weighted by Crippen LogP contribution is 2.23. The third kappa shape index (κ3) is 3.62. The molecule has 0 aliphatic carbocycles. The molecule has 0 saturated heterocycles. The number of aliphatic imine (C=N–C) groups is 1. The van der Waals surface area contributed by atoms with Crippen molar-refractivity contribution in [2.45, 2.75) is 20.8 Å². The summed E-state index contributed by atoms with van der Waals surface area (Å²) in [7, 11) is 1.73. The van der Waals surface area contributed by atoms with E-state index in [-0.39, 0.29) is 5.41 Å². The number of hydrogen-bond acceptors (Lipinski definition) is 1. The lowest BCUT2D eigenvalue weighted by molar-refractivity contribution is 0.522. The van der Waals surface area contributed by atoms with Crippen LogP contribution in [0.15, 0.2) is 16.6 Å². The largest absolute Gasteiger partial charge is 0.296 e. The zero-order valence-corrected chi connectivity index (χ0v) is 7.68. The zero-order chi connectivity index (χ0) is 8.91. The SMILES string of the molecule is C#C/C(=C\C=NC)C(C)(C)C. The van der Waals surface area contributed by atoms with Crippen molar-refractivity contribution in [3.05, 3.63) is 11.6 Å². The number of allylic oxidation sites excluding steroid dienone is 2. The van der Waals surface area contributed by atoms with E-state index in [2.05, 4.69) is 31.7 Å². The van der Waals surface area contributed by atoms with Crippen molar-refractivity contribution in [1.82, 2.24) is 0 Å². The molecule has 60 valence electrons. The fraction of sp³-hybridized carbons (Fsp3) is 0.500. The number of nitrogens with zero attached hydrogens (tertiary/aromatic N) is 1. The van der Waals surface area contributed by atoms with Crippen LogP contribution in [-0.4, -0.2) is 13.3 Å². The molecule has 0 rings (SSSR count). The third-order valence-electron chi connectivity index (χ3n) is 1.35. The van der Waals surface area contributed by atoms with E-state index in [0.717, 1.165) is 5.57 Å². The Labute approximate surface area is 69.2 Å². The van der Waals surface area contributed by atoms with E-state index in [4.69, 9.17) is 6.42 Å². The first-order valence-electron chi connectivity index (χ1n) is 3.62. The molecule has 0 bridgehead atoms. The molecule has 0 saturated carbocycles. The Balaban J connectivity index is 4.58. The number of terminal acetylenes is 1. The lowest BCUT2D eigenvalue weighted by Crippen LogP contribution is -2.07. The second kappa shape index (κ2) is 3.98. The molecule has 0 N–H and O–H groups in total. The summed E-state index contributed by atoms with van der Waals surface area (Å²) < 4.78 is 0. The molecule has 1 nitrogen and oxygen atoms in total. The average molecular weight is 149 g/mol. The maximum atomic E-state index is 5.32. The highest BCUT2D eigenvalue weighted by molar-refractivity contribution is 5.73. The van der Waals surface area contributed by atoms with Gasteiger partial charge in [0.05, 0.1) is 0 Å². The predicted octanol–water partition coefficient (Wildman–Crippen LogP) is 2.29. The molecule has 0 spiro atoms. The molecule has 0 amide bonds. The predicted molar refractivity (Wildman–Crippen MR) is 50.8 cm³/mol. The normalized spacial score (nSPS) is 13.5. The first kappa shape index (κ1) is 9.97. The second-order valence-electron chi connectivity index (χ2n) is 3.38. The first-order chi connectivity index (χ1) is 5.02. The van der Waals surface area contributed by atoms with Crippen LogP contribution in [0.25, 0.3) is 0 Å². The second-order valence-corrected chi connectivity index (χ2v) is 3.38. The van der Waals surface area contributed by atoms with Gasteiger partial charge in [0.25, 0.3) is 0 Å². The van der Waals surface area contributed by atoms with E-state index in [9.17, 15) is 0 Å². The first-order valence-corrected chi connectivity index (χ1v) is 3.62. The standard InChI is InChI=1S/C10H15N/c1-6-9(7-8-11-5)10(2,3)4/h1,7-8H,2-5H3/b9-7+,11-8?. The molecule has 0 aliphatic rings. The molecule has 0 unspecified atom stereocenters. The molecule has 11 heavy (non-hydrogen) atoms. The maximum absolute atomic E-state index is 5.32. The smallest absolute Gasteiger partial charge is 0.0277 e. The summed E-state index contributed by atoms with van der Waals surface area (Å²) in [6.07, 6.45) is 8.92. The molecular weight excluding hydrogens is 134 g/mol. The summed E-state index contributed by atoms with van der Waals surface area (Å²) in [5, 5.41) is 0. The highest BCUT2D eigenvalue weighted by Gasteiger charge is 2.13. The van der Waals surface area contributed by atoms with Gasteiger partial charge in [-0.05, 0) is 11.5 Å². The van der Waals surface area contributed by atoms with Crippen molar-refractivity contribution >= 4 is 6.21 Å². The Morgan fingerprint density at radius 2 is 2.00 bits per heavy atom. The molecule has 0 atom stereocenters. The van der Waals surface area contributed by atoms with Crippen molar-refractivity contribution in [1.29, 1.82) is 0 Å². The zero-order valence-electron chi connectivity index (χ0n) is 7.68. The lowest BCUT2D eigenvalue weighted by atomic mass is 9.87. The van der Waals surface area contributed by atoms with Gasteiger partial charge in [-0.2, -0.15) is 0 Å². The van der Waals surface area contributed by atoms with Crippen LogP contribution in [0.4, 0.5) is 0 Å². The fourth-order valence-electron chi connectivity index (χ4n) is 0.664. The van der Waals surface area contributed by atoms with Crippen molar-refractivity contribution < 1.29 is 0 Å². The molecule has 0 aromatic heterocycles. The van der Waals surface area contributed by atoms with Crippen LogP contribution in [0.5, 0.6) is 0 Å². The van der Waals surface area contributed by atoms with Crippen molar-refractivity contribution in [2.75, 3.05) is 7.05 Å². The Hall–Kier alpha value is -1.03. The van der Waals surface area contributed by atoms with Crippen LogP contribution in [0, 0.1) is 17.8 Å². The summed E-state index contributed by atoms with van der Waals surface area (Å²) in [6.45, 7) is 6.26. The molecule has 0 fully saturated rings. The van der Waals surface area contributed by atoms with E-state index in [1.807, 2.05) is 6.08 Å². The fourth-order valence-corrected chi connectivity index (χ4v) is 0.664. The van der Waals surface area contributed by atoms with Crippen LogP contribution in [-0.2, 0) is 0 Å². The summed E-state index contributed by atoms with van der Waals surface area (Å²) in [4.78, 5) is 3.84. The molecule has 0 radical (unpaired) electrons. The van der Waals surface area contributed by atoms with E-state index >= 15 is 0 Å². The third-order valence-corrected chi connectivity index (χ3v) is 1.35. The van der Waals surface area contributed by atoms with Crippen LogP contribution < -0.4 is 0 Å². The van der Waals surface area contributed by atoms with Gasteiger partial charge in [0.2, 0.25) is 0 Å². The summed E-state index contributed by atoms with van der Waals surface area (Å²) in [6, 6.07) is 0. The van der Waals surface area contributed by atoms with Gasteiger partial charge in [0, 0.05) is 18.8 Å². The molecule has 0 aliphatic heterocycles. The van der Waals surface area contributed by atoms with E-state index in [1.54, 1.807) is 13.3 Å². The van der Waals surface area contributed by atoms with E-state index in [1.165, 1.54) is 0 Å². The van der Waals surface area contributed by atoms with Gasteiger partial charge in [-0.25, -0.2) is 0 Å². The van der Waals surface area contributed by atoms with Crippen LogP contribution in [0.1, 0.15) is 20.8 Å². The van der Waals surface area contributed by atoms with E-state index in [0.29, 0.717) is 0 Å². The Kier molecular flexibility index (Phi) is 3.60. The minimum atomic E-state index is 0.0515. The average Bonchev–Trinajstić information content (AvgIpc) is 1.87. The van der Waals surface area contributed by atoms with Gasteiger partial charge in [-0.3, -0.25) is 4.99 Å². The quantitative estimate of drug-likeness (QED) is 0.400. The highest BCUT2D eigenvalue weighted by atomic mass is 14.6. The lowest BCUT2D eigenvalue weighted by Gasteiger charge is -2.17. The Bertz CT molecular complexity index is 208. The molecule has 0 heterocycles. The van der Waals surface area contributed by atoms with Gasteiger partial charge < -0.3 is 0 Å². The van der Waals surface area contributed by atoms with Crippen molar-refractivity contribution in [2.24, 2.45) is 10.4 Å². The minimum absolute atomic E-state index is 0.0515. The van der Waals surface area contributed by atoms with Gasteiger partial charge in [-0.15, -0.1) is 6.42 Å². The molecule has 1 heteroatoms. The monoisotopic (exact) mass is 149 g/mol. The van der Waals surface area contributed by atoms with E-state index < -0.39 is 0 Å². The maximum Gasteiger partial charge on any atom is 0.0277 e. The van der Waals surface area contributed by atoms with Crippen molar-refractivity contribution in [3.63, 3.8) is 0 Å². The molecule has 0 aromatic carbocycles. The van der Waals surface area contributed by atoms with Crippen LogP contribution in [0.3, 0.4) is 0 Å². The minimum Gasteiger partial charge on any atom is -0.296 e. The van der Waals surface area contributed by atoms with Gasteiger partial charge in [0.15, 0.2) is 0 Å². The van der Waals surface area contributed by atoms with Crippen molar-refractivity contribution in [3.8, 4) is 12.3 Å².